The van der Waals surface area contributed by atoms with Crippen molar-refractivity contribution in [2.45, 2.75) is 65.0 Å². The molecule has 9 heteroatoms. The van der Waals surface area contributed by atoms with Crippen LogP contribution in [0.2, 0.25) is 0 Å². The van der Waals surface area contributed by atoms with Gasteiger partial charge in [-0.15, -0.1) is 0 Å². The molecule has 8 N–H and O–H groups in total. The second kappa shape index (κ2) is 15.5. The molecule has 146 valence electrons. The van der Waals surface area contributed by atoms with Gasteiger partial charge in [0.1, 0.15) is 6.04 Å². The number of Topliss-reactive ketones (excluding diaryl/α,β-unsaturated/α-hetero) is 1. The van der Waals surface area contributed by atoms with Crippen molar-refractivity contribution in [3.05, 3.63) is 0 Å². The SMILES string of the molecule is CC.CCCC(N)C(=O)C(=O)NCC(=O)NC(CCCCN)C(N)=O. The largest absolute Gasteiger partial charge is 0.368 e. The van der Waals surface area contributed by atoms with Crippen LogP contribution in [0, 0.1) is 0 Å². The lowest BCUT2D eigenvalue weighted by molar-refractivity contribution is -0.139. The number of carbonyl (C=O) groups is 4. The Bertz CT molecular complexity index is 429. The molecule has 0 aromatic carbocycles. The fourth-order valence-electron chi connectivity index (χ4n) is 1.88. The summed E-state index contributed by atoms with van der Waals surface area (Å²) < 4.78 is 0. The van der Waals surface area contributed by atoms with E-state index in [-0.39, 0.29) is 0 Å². The lowest BCUT2D eigenvalue weighted by atomic mass is 10.1. The van der Waals surface area contributed by atoms with Crippen LogP contribution < -0.4 is 27.8 Å². The second-order valence-electron chi connectivity index (χ2n) is 5.25. The summed E-state index contributed by atoms with van der Waals surface area (Å²) in [6.45, 7) is 5.90. The van der Waals surface area contributed by atoms with E-state index in [2.05, 4.69) is 10.6 Å². The summed E-state index contributed by atoms with van der Waals surface area (Å²) in [5.41, 5.74) is 16.1. The summed E-state index contributed by atoms with van der Waals surface area (Å²) >= 11 is 0. The predicted molar refractivity (Wildman–Crippen MR) is 96.3 cm³/mol. The van der Waals surface area contributed by atoms with Crippen molar-refractivity contribution >= 4 is 23.5 Å². The molecule has 0 spiro atoms. The number of rotatable bonds is 12. The molecule has 2 atom stereocenters. The number of ketones is 1. The molecule has 0 saturated heterocycles. The van der Waals surface area contributed by atoms with Gasteiger partial charge in [0.15, 0.2) is 0 Å². The van der Waals surface area contributed by atoms with E-state index in [9.17, 15) is 19.2 Å². The fourth-order valence-corrected chi connectivity index (χ4v) is 1.88. The van der Waals surface area contributed by atoms with Crippen molar-refractivity contribution in [1.29, 1.82) is 0 Å². The van der Waals surface area contributed by atoms with Crippen molar-refractivity contribution in [2.75, 3.05) is 13.1 Å². The maximum Gasteiger partial charge on any atom is 0.289 e. The van der Waals surface area contributed by atoms with E-state index in [1.165, 1.54) is 0 Å². The average Bonchev–Trinajstić information content (AvgIpc) is 2.60. The van der Waals surface area contributed by atoms with Crippen LogP contribution in [-0.2, 0) is 19.2 Å². The number of hydrogen-bond donors (Lipinski definition) is 5. The highest BCUT2D eigenvalue weighted by Gasteiger charge is 2.22. The molecule has 0 aliphatic carbocycles. The van der Waals surface area contributed by atoms with Crippen molar-refractivity contribution in [3.8, 4) is 0 Å². The monoisotopic (exact) mass is 359 g/mol. The van der Waals surface area contributed by atoms with Crippen LogP contribution >= 0.6 is 0 Å². The Morgan fingerprint density at radius 2 is 1.64 bits per heavy atom. The van der Waals surface area contributed by atoms with E-state index in [0.29, 0.717) is 38.6 Å². The molecular formula is C16H33N5O4. The first-order valence-corrected chi connectivity index (χ1v) is 8.69. The quantitative estimate of drug-likeness (QED) is 0.219. The Morgan fingerprint density at radius 1 is 1.04 bits per heavy atom. The lowest BCUT2D eigenvalue weighted by Gasteiger charge is -2.15. The van der Waals surface area contributed by atoms with Crippen molar-refractivity contribution in [3.63, 3.8) is 0 Å². The van der Waals surface area contributed by atoms with Gasteiger partial charge in [0.05, 0.1) is 12.6 Å². The van der Waals surface area contributed by atoms with Crippen LogP contribution in [0.4, 0.5) is 0 Å². The standard InChI is InChI=1S/C14H27N5O4.C2H6/c1-2-5-9(16)12(21)14(23)18-8-11(20)19-10(13(17)22)6-3-4-7-15;1-2/h9-10H,2-8,15-16H2,1H3,(H2,17,22)(H,18,23)(H,19,20);1-2H3. The third kappa shape index (κ3) is 12.1. The van der Waals surface area contributed by atoms with Gasteiger partial charge < -0.3 is 27.8 Å². The lowest BCUT2D eigenvalue weighted by Crippen LogP contribution is -2.50. The number of primary amides is 1. The number of nitrogens with two attached hydrogens (primary N) is 3. The van der Waals surface area contributed by atoms with Gasteiger partial charge in [0.2, 0.25) is 17.6 Å². The highest BCUT2D eigenvalue weighted by Crippen LogP contribution is 2.00. The number of amides is 3. The van der Waals surface area contributed by atoms with Crippen LogP contribution in [0.25, 0.3) is 0 Å². The molecule has 0 aromatic heterocycles. The topological polar surface area (TPSA) is 170 Å². The van der Waals surface area contributed by atoms with Crippen molar-refractivity contribution in [1.82, 2.24) is 10.6 Å². The number of unbranched alkanes of at least 4 members (excludes halogenated alkanes) is 1. The summed E-state index contributed by atoms with van der Waals surface area (Å²) in [5, 5.41) is 4.59. The molecule has 0 heterocycles. The summed E-state index contributed by atoms with van der Waals surface area (Å²) in [5.74, 6) is -2.96. The molecule has 0 aliphatic rings. The normalized spacial score (nSPS) is 12.2. The first-order chi connectivity index (χ1) is 11.8. The van der Waals surface area contributed by atoms with Crippen molar-refractivity contribution in [2.24, 2.45) is 17.2 Å². The molecule has 0 aliphatic heterocycles. The molecule has 0 aromatic rings. The van der Waals surface area contributed by atoms with Gasteiger partial charge in [-0.1, -0.05) is 27.2 Å². The Kier molecular flexibility index (Phi) is 15.7. The minimum absolute atomic E-state index is 0.368. The molecule has 0 saturated carbocycles. The van der Waals surface area contributed by atoms with Crippen molar-refractivity contribution < 1.29 is 19.2 Å². The zero-order valence-corrected chi connectivity index (χ0v) is 15.5. The van der Waals surface area contributed by atoms with Crippen LogP contribution in [0.3, 0.4) is 0 Å². The zero-order valence-electron chi connectivity index (χ0n) is 15.5. The predicted octanol–water partition coefficient (Wildman–Crippen LogP) is -1.08. The molecule has 9 nitrogen and oxygen atoms in total. The van der Waals surface area contributed by atoms with Gasteiger partial charge in [-0.2, -0.15) is 0 Å². The Labute approximate surface area is 149 Å². The number of hydrogen-bond acceptors (Lipinski definition) is 6. The van der Waals surface area contributed by atoms with Crippen LogP contribution in [0.5, 0.6) is 0 Å². The summed E-state index contributed by atoms with van der Waals surface area (Å²) in [6, 6.07) is -1.71. The van der Waals surface area contributed by atoms with Crippen LogP contribution in [-0.4, -0.2) is 48.7 Å². The minimum atomic E-state index is -0.917. The van der Waals surface area contributed by atoms with E-state index in [4.69, 9.17) is 17.2 Å². The molecule has 2 unspecified atom stereocenters. The Morgan fingerprint density at radius 3 is 2.12 bits per heavy atom. The molecular weight excluding hydrogens is 326 g/mol. The third-order valence-electron chi connectivity index (χ3n) is 3.20. The third-order valence-corrected chi connectivity index (χ3v) is 3.20. The van der Waals surface area contributed by atoms with Crippen LogP contribution in [0.1, 0.15) is 52.9 Å². The maximum atomic E-state index is 11.7. The second-order valence-corrected chi connectivity index (χ2v) is 5.25. The average molecular weight is 359 g/mol. The zero-order chi connectivity index (χ0) is 19.8. The van der Waals surface area contributed by atoms with Gasteiger partial charge in [-0.25, -0.2) is 0 Å². The Hall–Kier alpha value is -2.00. The highest BCUT2D eigenvalue weighted by molar-refractivity contribution is 6.38. The van der Waals surface area contributed by atoms with Gasteiger partial charge >= 0.3 is 0 Å². The first-order valence-electron chi connectivity index (χ1n) is 8.69. The van der Waals surface area contributed by atoms with Gasteiger partial charge in [-0.3, -0.25) is 19.2 Å². The smallest absolute Gasteiger partial charge is 0.289 e. The number of nitrogens with one attached hydrogen (secondary N) is 2. The van der Waals surface area contributed by atoms with Gasteiger partial charge in [-0.05, 0) is 32.2 Å². The highest BCUT2D eigenvalue weighted by atomic mass is 16.2. The van der Waals surface area contributed by atoms with E-state index in [1.54, 1.807) is 0 Å². The molecule has 0 radical (unpaired) electrons. The van der Waals surface area contributed by atoms with E-state index in [1.807, 2.05) is 20.8 Å². The van der Waals surface area contributed by atoms with Gasteiger partial charge in [0, 0.05) is 0 Å². The van der Waals surface area contributed by atoms with E-state index < -0.39 is 42.1 Å². The van der Waals surface area contributed by atoms with E-state index >= 15 is 0 Å². The maximum absolute atomic E-state index is 11.7. The first kappa shape index (κ1) is 25.2. The summed E-state index contributed by atoms with van der Waals surface area (Å²) in [6.07, 6.45) is 2.78. The minimum Gasteiger partial charge on any atom is -0.368 e. The Balaban J connectivity index is 0. The van der Waals surface area contributed by atoms with E-state index in [0.717, 1.165) is 0 Å². The molecule has 3 amide bonds. The molecule has 0 fully saturated rings. The molecule has 25 heavy (non-hydrogen) atoms. The van der Waals surface area contributed by atoms with Gasteiger partial charge in [0.25, 0.3) is 5.91 Å². The molecule has 0 rings (SSSR count). The number of carbonyl (C=O) groups excluding carboxylic acids is 4. The summed E-state index contributed by atoms with van der Waals surface area (Å²) in [7, 11) is 0. The van der Waals surface area contributed by atoms with Crippen LogP contribution in [0.15, 0.2) is 0 Å². The summed E-state index contributed by atoms with van der Waals surface area (Å²) in [4.78, 5) is 46.1. The fraction of sp³-hybridized carbons (Fsp3) is 0.750. The molecule has 0 bridgehead atoms.